The highest BCUT2D eigenvalue weighted by atomic mass is 32.2. The van der Waals surface area contributed by atoms with Crippen LogP contribution in [-0.4, -0.2) is 67.8 Å². The average molecular weight is 652 g/mol. The number of nitrogens with zero attached hydrogens (tertiary/aromatic N) is 5. The molecule has 0 fully saturated rings. The molecule has 0 atom stereocenters. The normalized spacial score (nSPS) is 14.9. The van der Waals surface area contributed by atoms with Gasteiger partial charge in [0, 0.05) is 57.4 Å². The zero-order valence-electron chi connectivity index (χ0n) is 25.7. The minimum absolute atomic E-state index is 0.0377. The van der Waals surface area contributed by atoms with Gasteiger partial charge in [0.25, 0.3) is 11.2 Å². The number of fused-ring (bicyclic) bond motifs is 2. The van der Waals surface area contributed by atoms with Crippen LogP contribution < -0.4 is 20.1 Å². The topological polar surface area (TPSA) is 166 Å². The van der Waals surface area contributed by atoms with Crippen molar-refractivity contribution in [2.24, 2.45) is 5.41 Å². The number of hydrogen-bond acceptors (Lipinski definition) is 9. The van der Waals surface area contributed by atoms with E-state index in [1.54, 1.807) is 58.3 Å². The number of aromatic nitrogens is 1. The molecule has 0 radical (unpaired) electrons. The van der Waals surface area contributed by atoms with Crippen LogP contribution in [0.3, 0.4) is 0 Å². The van der Waals surface area contributed by atoms with Gasteiger partial charge in [0.05, 0.1) is 29.2 Å². The van der Waals surface area contributed by atoms with E-state index in [2.05, 4.69) is 0 Å². The molecule has 0 aliphatic carbocycles. The first kappa shape index (κ1) is 32.4. The van der Waals surface area contributed by atoms with E-state index in [0.717, 1.165) is 10.4 Å². The summed E-state index contributed by atoms with van der Waals surface area (Å²) >= 11 is 0. The Bertz CT molecular complexity index is 2000. The number of benzene rings is 2. The van der Waals surface area contributed by atoms with Gasteiger partial charge < -0.3 is 23.5 Å². The van der Waals surface area contributed by atoms with Gasteiger partial charge in [-0.05, 0) is 50.6 Å². The van der Waals surface area contributed by atoms with E-state index in [1.165, 1.54) is 45.0 Å². The summed E-state index contributed by atoms with van der Waals surface area (Å²) in [6, 6.07) is 13.4. The summed E-state index contributed by atoms with van der Waals surface area (Å²) in [6.45, 7) is 2.91. The number of carbonyl (C=O) groups is 2. The number of ether oxygens (including phenoxy) is 1. The largest absolute Gasteiger partial charge is 0.493 e. The number of rotatable bonds is 11. The van der Waals surface area contributed by atoms with Crippen LogP contribution in [0, 0.1) is 15.5 Å². The predicted molar refractivity (Wildman–Crippen MR) is 169 cm³/mol. The van der Waals surface area contributed by atoms with Gasteiger partial charge in [0.15, 0.2) is 10.5 Å². The molecule has 242 valence electrons. The number of carbonyl (C=O) groups excluding carboxylic acids is 2. The number of sulfonamides is 1. The van der Waals surface area contributed by atoms with Crippen LogP contribution in [0.5, 0.6) is 5.75 Å². The van der Waals surface area contributed by atoms with Crippen LogP contribution in [0.25, 0.3) is 11.0 Å². The summed E-state index contributed by atoms with van der Waals surface area (Å²) in [7, 11) is -1.19. The van der Waals surface area contributed by atoms with Crippen LogP contribution in [0.4, 0.5) is 17.1 Å². The maximum absolute atomic E-state index is 13.8. The highest BCUT2D eigenvalue weighted by molar-refractivity contribution is 7.89. The average Bonchev–Trinajstić information content (AvgIpc) is 3.52. The first-order valence-electron chi connectivity index (χ1n) is 14.4. The fraction of sp³-hybridized carbons (Fsp3) is 0.323. The third-order valence-electron chi connectivity index (χ3n) is 8.02. The quantitative estimate of drug-likeness (QED) is 0.102. The lowest BCUT2D eigenvalue weighted by molar-refractivity contribution is -0.387. The van der Waals surface area contributed by atoms with E-state index in [-0.39, 0.29) is 50.1 Å². The highest BCUT2D eigenvalue weighted by Gasteiger charge is 2.44. The van der Waals surface area contributed by atoms with Crippen molar-refractivity contribution >= 4 is 49.9 Å². The number of anilines is 2. The maximum atomic E-state index is 13.8. The molecule has 0 saturated heterocycles. The molecule has 2 aromatic heterocycles. The molecule has 0 unspecified atom stereocenters. The zero-order valence-corrected chi connectivity index (χ0v) is 26.5. The molecule has 14 nitrogen and oxygen atoms in total. The monoisotopic (exact) mass is 651 g/mol. The number of nitro groups is 1. The molecule has 0 saturated carbocycles. The Labute approximate surface area is 264 Å². The summed E-state index contributed by atoms with van der Waals surface area (Å²) in [5.74, 6) is -0.324. The first-order chi connectivity index (χ1) is 21.7. The van der Waals surface area contributed by atoms with E-state index in [0.29, 0.717) is 22.5 Å². The van der Waals surface area contributed by atoms with E-state index < -0.39 is 36.5 Å². The van der Waals surface area contributed by atoms with E-state index >= 15 is 0 Å². The summed E-state index contributed by atoms with van der Waals surface area (Å²) in [5.41, 5.74) is -1.12. The standard InChI is InChI=1S/C31H33N5O9S/c1-31(2)29(38)32(3)23-11-10-22(20-25(23)33(4)30(31)39)44-18-7-14-35(46(42,43)26-9-6-5-8-24(26)36(40)41)17-16-34-15-12-21-13-19-45-27(21)28(34)37/h5-6,8-13,15,19-20H,7,14,16-18H2,1-4H3. The lowest BCUT2D eigenvalue weighted by Gasteiger charge is -2.25. The van der Waals surface area contributed by atoms with Gasteiger partial charge in [-0.3, -0.25) is 24.5 Å². The molecule has 2 aromatic carbocycles. The minimum atomic E-state index is -4.37. The van der Waals surface area contributed by atoms with E-state index in [9.17, 15) is 32.9 Å². The van der Waals surface area contributed by atoms with Crippen LogP contribution in [-0.2, 0) is 26.2 Å². The molecule has 1 aliphatic rings. The van der Waals surface area contributed by atoms with Gasteiger partial charge in [-0.1, -0.05) is 12.1 Å². The van der Waals surface area contributed by atoms with Crippen molar-refractivity contribution in [2.75, 3.05) is 43.6 Å². The molecule has 0 N–H and O–H groups in total. The molecule has 5 rings (SSSR count). The molecule has 4 aromatic rings. The van der Waals surface area contributed by atoms with Gasteiger partial charge in [0.2, 0.25) is 21.8 Å². The lowest BCUT2D eigenvalue weighted by Crippen LogP contribution is -2.46. The number of pyridine rings is 1. The van der Waals surface area contributed by atoms with Crippen LogP contribution in [0.15, 0.2) is 81.2 Å². The van der Waals surface area contributed by atoms with Crippen molar-refractivity contribution in [1.82, 2.24) is 8.87 Å². The Morgan fingerprint density at radius 3 is 2.37 bits per heavy atom. The molecule has 1 aliphatic heterocycles. The van der Waals surface area contributed by atoms with Crippen molar-refractivity contribution in [3.05, 3.63) is 87.5 Å². The smallest absolute Gasteiger partial charge is 0.294 e. The minimum Gasteiger partial charge on any atom is -0.493 e. The maximum Gasteiger partial charge on any atom is 0.294 e. The molecule has 0 bridgehead atoms. The Balaban J connectivity index is 1.35. The van der Waals surface area contributed by atoms with Crippen LogP contribution in [0.2, 0.25) is 0 Å². The van der Waals surface area contributed by atoms with Crippen LogP contribution >= 0.6 is 0 Å². The Kier molecular flexibility index (Phi) is 8.73. The molecule has 46 heavy (non-hydrogen) atoms. The molecule has 15 heteroatoms. The third kappa shape index (κ3) is 5.86. The molecule has 0 spiro atoms. The number of furan rings is 1. The second-order valence-corrected chi connectivity index (χ2v) is 13.3. The Morgan fingerprint density at radius 1 is 0.957 bits per heavy atom. The fourth-order valence-electron chi connectivity index (χ4n) is 5.43. The van der Waals surface area contributed by atoms with Crippen molar-refractivity contribution in [3.63, 3.8) is 0 Å². The van der Waals surface area contributed by atoms with Gasteiger partial charge in [-0.2, -0.15) is 4.31 Å². The zero-order chi connectivity index (χ0) is 33.4. The van der Waals surface area contributed by atoms with Crippen molar-refractivity contribution in [2.45, 2.75) is 31.7 Å². The van der Waals surface area contributed by atoms with Gasteiger partial charge in [-0.25, -0.2) is 8.42 Å². The second kappa shape index (κ2) is 12.4. The number of amides is 2. The summed E-state index contributed by atoms with van der Waals surface area (Å²) in [6.07, 6.45) is 3.11. The summed E-state index contributed by atoms with van der Waals surface area (Å²) in [5, 5.41) is 12.3. The van der Waals surface area contributed by atoms with E-state index in [4.69, 9.17) is 9.15 Å². The van der Waals surface area contributed by atoms with Crippen LogP contribution in [0.1, 0.15) is 20.3 Å². The van der Waals surface area contributed by atoms with E-state index in [1.807, 2.05) is 0 Å². The van der Waals surface area contributed by atoms with Crippen molar-refractivity contribution in [3.8, 4) is 5.75 Å². The highest BCUT2D eigenvalue weighted by Crippen LogP contribution is 2.39. The second-order valence-electron chi connectivity index (χ2n) is 11.4. The lowest BCUT2D eigenvalue weighted by atomic mass is 9.90. The molecule has 3 heterocycles. The van der Waals surface area contributed by atoms with Gasteiger partial charge in [0.1, 0.15) is 11.2 Å². The molecular formula is C31H33N5O9S. The van der Waals surface area contributed by atoms with Crippen molar-refractivity contribution in [1.29, 1.82) is 0 Å². The number of hydrogen-bond donors (Lipinski definition) is 0. The molecular weight excluding hydrogens is 618 g/mol. The Hall–Kier alpha value is -5.02. The predicted octanol–water partition coefficient (Wildman–Crippen LogP) is 3.63. The van der Waals surface area contributed by atoms with Crippen molar-refractivity contribution < 1.29 is 32.1 Å². The number of para-hydroxylation sites is 1. The van der Waals surface area contributed by atoms with Gasteiger partial charge >= 0.3 is 0 Å². The third-order valence-corrected chi connectivity index (χ3v) is 9.97. The fourth-order valence-corrected chi connectivity index (χ4v) is 7.06. The summed E-state index contributed by atoms with van der Waals surface area (Å²) < 4.78 is 41.2. The molecule has 2 amide bonds. The Morgan fingerprint density at radius 2 is 1.65 bits per heavy atom. The summed E-state index contributed by atoms with van der Waals surface area (Å²) in [4.78, 5) is 52.1. The first-order valence-corrected chi connectivity index (χ1v) is 15.8. The number of nitro benzene ring substituents is 1. The van der Waals surface area contributed by atoms with Gasteiger partial charge in [-0.15, -0.1) is 0 Å². The SMILES string of the molecule is CN1C(=O)C(C)(C)C(=O)N(C)c2cc(OCCCN(CCn3ccc4ccoc4c3=O)S(=O)(=O)c3ccccc3[N+](=O)[O-])ccc21.